The van der Waals surface area contributed by atoms with E-state index in [9.17, 15) is 14.3 Å². The molecule has 0 spiro atoms. The molecule has 1 heterocycles. The third kappa shape index (κ3) is 1.54. The molecule has 0 atom stereocenters. The molecular formula is C11H10FN2O2-. The van der Waals surface area contributed by atoms with Gasteiger partial charge in [0.25, 0.3) is 0 Å². The Morgan fingerprint density at radius 1 is 1.50 bits per heavy atom. The summed E-state index contributed by atoms with van der Waals surface area (Å²) >= 11 is 0. The van der Waals surface area contributed by atoms with Gasteiger partial charge in [0.1, 0.15) is 11.8 Å². The molecule has 0 aliphatic carbocycles. The number of carbonyl (C=O) groups is 1. The number of hydrogen-bond donors (Lipinski definition) is 0. The van der Waals surface area contributed by atoms with E-state index in [1.54, 1.807) is 13.8 Å². The minimum Gasteiger partial charge on any atom is -0.542 e. The van der Waals surface area contributed by atoms with E-state index in [0.29, 0.717) is 11.0 Å². The predicted molar refractivity (Wildman–Crippen MR) is 54.4 cm³/mol. The molecule has 0 aliphatic heterocycles. The number of carboxylic acids is 1. The fourth-order valence-electron chi connectivity index (χ4n) is 1.73. The SMILES string of the molecule is CC(C)n1c(C(=O)[O-])nc2ccc(F)cc21. The number of benzene rings is 1. The number of aromatic carboxylic acids is 1. The summed E-state index contributed by atoms with van der Waals surface area (Å²) in [5.74, 6) is -1.94. The van der Waals surface area contributed by atoms with Gasteiger partial charge in [-0.25, -0.2) is 9.37 Å². The fraction of sp³-hybridized carbons (Fsp3) is 0.273. The van der Waals surface area contributed by atoms with Crippen molar-refractivity contribution in [3.05, 3.63) is 29.8 Å². The van der Waals surface area contributed by atoms with Crippen molar-refractivity contribution in [3.63, 3.8) is 0 Å². The molecule has 0 fully saturated rings. The molecule has 84 valence electrons. The van der Waals surface area contributed by atoms with E-state index in [4.69, 9.17) is 0 Å². The van der Waals surface area contributed by atoms with E-state index in [2.05, 4.69) is 4.98 Å². The van der Waals surface area contributed by atoms with Crippen molar-refractivity contribution < 1.29 is 14.3 Å². The molecule has 0 saturated heterocycles. The first-order chi connectivity index (χ1) is 7.50. The van der Waals surface area contributed by atoms with Crippen molar-refractivity contribution in [2.75, 3.05) is 0 Å². The largest absolute Gasteiger partial charge is 0.542 e. The van der Waals surface area contributed by atoms with Crippen LogP contribution in [0.5, 0.6) is 0 Å². The van der Waals surface area contributed by atoms with Crippen LogP contribution in [0.2, 0.25) is 0 Å². The second kappa shape index (κ2) is 3.59. The molecule has 5 heteroatoms. The molecule has 4 nitrogen and oxygen atoms in total. The Morgan fingerprint density at radius 2 is 2.19 bits per heavy atom. The van der Waals surface area contributed by atoms with Crippen LogP contribution < -0.4 is 5.11 Å². The van der Waals surface area contributed by atoms with Crippen molar-refractivity contribution in [1.82, 2.24) is 9.55 Å². The molecule has 0 aliphatic rings. The van der Waals surface area contributed by atoms with Crippen molar-refractivity contribution in [3.8, 4) is 0 Å². The highest BCUT2D eigenvalue weighted by Gasteiger charge is 2.14. The highest BCUT2D eigenvalue weighted by molar-refractivity contribution is 5.88. The average Bonchev–Trinajstić information content (AvgIpc) is 2.55. The lowest BCUT2D eigenvalue weighted by Crippen LogP contribution is -2.27. The molecule has 2 aromatic rings. The molecule has 0 amide bonds. The smallest absolute Gasteiger partial charge is 0.157 e. The Labute approximate surface area is 91.3 Å². The predicted octanol–water partition coefficient (Wildman–Crippen LogP) is 1.12. The normalized spacial score (nSPS) is 11.2. The standard InChI is InChI=1S/C11H11FN2O2/c1-6(2)14-9-5-7(12)3-4-8(9)13-10(14)11(15)16/h3-6H,1-2H3,(H,15,16)/p-1. The van der Waals surface area contributed by atoms with E-state index in [1.807, 2.05) is 0 Å². The van der Waals surface area contributed by atoms with Gasteiger partial charge in [0, 0.05) is 6.04 Å². The summed E-state index contributed by atoms with van der Waals surface area (Å²) in [6.45, 7) is 3.61. The fourth-order valence-corrected chi connectivity index (χ4v) is 1.73. The van der Waals surface area contributed by atoms with Crippen LogP contribution in [0.3, 0.4) is 0 Å². The molecule has 0 unspecified atom stereocenters. The number of carboxylic acid groups (broad SMARTS) is 1. The lowest BCUT2D eigenvalue weighted by molar-refractivity contribution is -0.256. The van der Waals surface area contributed by atoms with Gasteiger partial charge in [0.15, 0.2) is 5.82 Å². The zero-order valence-corrected chi connectivity index (χ0v) is 8.90. The average molecular weight is 221 g/mol. The molecule has 0 radical (unpaired) electrons. The summed E-state index contributed by atoms with van der Waals surface area (Å²) in [5, 5.41) is 10.9. The van der Waals surface area contributed by atoms with Gasteiger partial charge in [-0.15, -0.1) is 0 Å². The van der Waals surface area contributed by atoms with Gasteiger partial charge in [-0.05, 0) is 32.0 Å². The third-order valence-corrected chi connectivity index (χ3v) is 2.35. The molecule has 0 N–H and O–H groups in total. The van der Waals surface area contributed by atoms with E-state index < -0.39 is 11.8 Å². The molecular weight excluding hydrogens is 211 g/mol. The number of imidazole rings is 1. The summed E-state index contributed by atoms with van der Waals surface area (Å²) in [6, 6.07) is 3.85. The Morgan fingerprint density at radius 3 is 2.75 bits per heavy atom. The second-order valence-corrected chi connectivity index (χ2v) is 3.82. The van der Waals surface area contributed by atoms with Gasteiger partial charge < -0.3 is 14.5 Å². The summed E-state index contributed by atoms with van der Waals surface area (Å²) in [6.07, 6.45) is 0. The maximum atomic E-state index is 13.1. The summed E-state index contributed by atoms with van der Waals surface area (Å²) < 4.78 is 14.5. The van der Waals surface area contributed by atoms with Crippen LogP contribution in [0.15, 0.2) is 18.2 Å². The molecule has 16 heavy (non-hydrogen) atoms. The minimum atomic E-state index is -1.36. The lowest BCUT2D eigenvalue weighted by atomic mass is 10.3. The summed E-state index contributed by atoms with van der Waals surface area (Å²) in [7, 11) is 0. The summed E-state index contributed by atoms with van der Waals surface area (Å²) in [4.78, 5) is 14.8. The number of hydrogen-bond acceptors (Lipinski definition) is 3. The highest BCUT2D eigenvalue weighted by Crippen LogP contribution is 2.21. The Kier molecular flexibility index (Phi) is 2.38. The number of fused-ring (bicyclic) bond motifs is 1. The maximum Gasteiger partial charge on any atom is 0.157 e. The number of halogens is 1. The van der Waals surface area contributed by atoms with Crippen molar-refractivity contribution in [1.29, 1.82) is 0 Å². The van der Waals surface area contributed by atoms with Gasteiger partial charge in [-0.3, -0.25) is 0 Å². The van der Waals surface area contributed by atoms with E-state index >= 15 is 0 Å². The Hall–Kier alpha value is -1.91. The first-order valence-electron chi connectivity index (χ1n) is 4.89. The third-order valence-electron chi connectivity index (χ3n) is 2.35. The zero-order chi connectivity index (χ0) is 11.9. The minimum absolute atomic E-state index is 0.125. The summed E-state index contributed by atoms with van der Waals surface area (Å²) in [5.41, 5.74) is 0.920. The van der Waals surface area contributed by atoms with Crippen molar-refractivity contribution >= 4 is 17.0 Å². The first kappa shape index (κ1) is 10.6. The monoisotopic (exact) mass is 221 g/mol. The van der Waals surface area contributed by atoms with Crippen LogP contribution in [0, 0.1) is 5.82 Å². The number of nitrogens with zero attached hydrogens (tertiary/aromatic N) is 2. The van der Waals surface area contributed by atoms with Gasteiger partial charge in [0.05, 0.1) is 11.0 Å². The number of aromatic nitrogens is 2. The van der Waals surface area contributed by atoms with Crippen molar-refractivity contribution in [2.45, 2.75) is 19.9 Å². The maximum absolute atomic E-state index is 13.1. The van der Waals surface area contributed by atoms with E-state index in [-0.39, 0.29) is 11.9 Å². The van der Waals surface area contributed by atoms with Gasteiger partial charge in [-0.1, -0.05) is 0 Å². The van der Waals surface area contributed by atoms with Crippen LogP contribution in [-0.2, 0) is 0 Å². The lowest BCUT2D eigenvalue weighted by Gasteiger charge is -2.13. The van der Waals surface area contributed by atoms with Gasteiger partial charge in [0.2, 0.25) is 0 Å². The number of carbonyl (C=O) groups excluding carboxylic acids is 1. The molecule has 2 rings (SSSR count). The molecule has 0 bridgehead atoms. The Bertz CT molecular complexity index is 560. The van der Waals surface area contributed by atoms with Crippen LogP contribution in [-0.4, -0.2) is 15.5 Å². The first-order valence-corrected chi connectivity index (χ1v) is 4.89. The zero-order valence-electron chi connectivity index (χ0n) is 8.90. The highest BCUT2D eigenvalue weighted by atomic mass is 19.1. The molecule has 1 aromatic heterocycles. The van der Waals surface area contributed by atoms with Gasteiger partial charge in [-0.2, -0.15) is 0 Å². The van der Waals surface area contributed by atoms with Crippen LogP contribution >= 0.6 is 0 Å². The van der Waals surface area contributed by atoms with E-state index in [1.165, 1.54) is 22.8 Å². The van der Waals surface area contributed by atoms with Crippen LogP contribution in [0.4, 0.5) is 4.39 Å². The Balaban J connectivity index is 2.82. The second-order valence-electron chi connectivity index (χ2n) is 3.82. The topological polar surface area (TPSA) is 58.0 Å². The van der Waals surface area contributed by atoms with Crippen LogP contribution in [0.25, 0.3) is 11.0 Å². The molecule has 1 aromatic carbocycles. The molecule has 0 saturated carbocycles. The van der Waals surface area contributed by atoms with Gasteiger partial charge >= 0.3 is 0 Å². The quantitative estimate of drug-likeness (QED) is 0.763. The van der Waals surface area contributed by atoms with Crippen LogP contribution in [0.1, 0.15) is 30.5 Å². The van der Waals surface area contributed by atoms with Crippen molar-refractivity contribution in [2.24, 2.45) is 0 Å². The van der Waals surface area contributed by atoms with E-state index in [0.717, 1.165) is 0 Å². The number of rotatable bonds is 2.